The molecule has 1 spiro atoms. The van der Waals surface area contributed by atoms with Crippen molar-refractivity contribution < 1.29 is 4.79 Å². The summed E-state index contributed by atoms with van der Waals surface area (Å²) in [5.74, 6) is 2.11. The van der Waals surface area contributed by atoms with Gasteiger partial charge in [0.25, 0.3) is 0 Å². The smallest absolute Gasteiger partial charge is 0.217 e. The van der Waals surface area contributed by atoms with Gasteiger partial charge in [0.15, 0.2) is 0 Å². The molecule has 1 amide bonds. The highest BCUT2D eigenvalue weighted by Crippen LogP contribution is 2.53. The fourth-order valence-corrected chi connectivity index (χ4v) is 6.68. The average Bonchev–Trinajstić information content (AvgIpc) is 3.31. The first kappa shape index (κ1) is 15.9. The highest BCUT2D eigenvalue weighted by atomic mass is 16.1. The third kappa shape index (κ3) is 2.54. The van der Waals surface area contributed by atoms with Gasteiger partial charge in [-0.15, -0.1) is 0 Å². The zero-order valence-electron chi connectivity index (χ0n) is 15.3. The molecule has 2 saturated carbocycles. The molecule has 3 nitrogen and oxygen atoms in total. The number of carbonyl (C=O) groups excluding carboxylic acids is 1. The molecule has 1 aromatic rings. The molecule has 4 atom stereocenters. The van der Waals surface area contributed by atoms with E-state index in [0.717, 1.165) is 24.3 Å². The van der Waals surface area contributed by atoms with Gasteiger partial charge in [-0.1, -0.05) is 30.7 Å². The van der Waals surface area contributed by atoms with Crippen LogP contribution in [0.1, 0.15) is 69.0 Å². The maximum atomic E-state index is 11.7. The number of rotatable bonds is 2. The van der Waals surface area contributed by atoms with Crippen LogP contribution < -0.4 is 5.32 Å². The van der Waals surface area contributed by atoms with E-state index >= 15 is 0 Å². The van der Waals surface area contributed by atoms with Crippen molar-refractivity contribution in [1.29, 1.82) is 0 Å². The van der Waals surface area contributed by atoms with Gasteiger partial charge in [0.2, 0.25) is 5.91 Å². The molecule has 1 aromatic carbocycles. The molecule has 4 aliphatic rings. The van der Waals surface area contributed by atoms with E-state index < -0.39 is 0 Å². The summed E-state index contributed by atoms with van der Waals surface area (Å²) < 4.78 is 0. The van der Waals surface area contributed by atoms with Gasteiger partial charge in [0, 0.05) is 18.4 Å². The molecular formula is C22H30N2O. The van der Waals surface area contributed by atoms with Gasteiger partial charge in [0.1, 0.15) is 0 Å². The minimum Gasteiger partial charge on any atom is -0.349 e. The minimum atomic E-state index is 0.0938. The van der Waals surface area contributed by atoms with Crippen molar-refractivity contribution in [2.45, 2.75) is 69.4 Å². The summed E-state index contributed by atoms with van der Waals surface area (Å²) in [6.45, 7) is 4.13. The first-order valence-corrected chi connectivity index (χ1v) is 10.3. The number of piperidine rings is 1. The standard InChI is InChI=1S/C22H30N2O/c1-15(25)23-20-14-22(19-5-3-2-4-18(19)20)8-10-24(11-9-22)21-13-16-6-7-17(21)12-16/h2-5,16-17,20-21H,6-14H2,1H3,(H,23,25)/t16-,17?,20-,21+/m1/s1. The van der Waals surface area contributed by atoms with Crippen LogP contribution in [0, 0.1) is 11.8 Å². The number of likely N-dealkylation sites (tertiary alicyclic amines) is 1. The zero-order valence-corrected chi connectivity index (χ0v) is 15.3. The molecule has 0 aromatic heterocycles. The molecule has 1 N–H and O–H groups in total. The Balaban J connectivity index is 1.34. The van der Waals surface area contributed by atoms with Crippen molar-refractivity contribution in [2.75, 3.05) is 13.1 Å². The van der Waals surface area contributed by atoms with Gasteiger partial charge >= 0.3 is 0 Å². The highest BCUT2D eigenvalue weighted by molar-refractivity contribution is 5.73. The topological polar surface area (TPSA) is 32.3 Å². The Bertz CT molecular complexity index is 676. The summed E-state index contributed by atoms with van der Waals surface area (Å²) >= 11 is 0. The van der Waals surface area contributed by atoms with Crippen LogP contribution in [0.15, 0.2) is 24.3 Å². The Labute approximate surface area is 151 Å². The zero-order chi connectivity index (χ0) is 17.0. The highest BCUT2D eigenvalue weighted by Gasteiger charge is 2.48. The fraction of sp³-hybridized carbons (Fsp3) is 0.682. The maximum Gasteiger partial charge on any atom is 0.217 e. The van der Waals surface area contributed by atoms with E-state index in [1.54, 1.807) is 6.92 Å². The van der Waals surface area contributed by atoms with Crippen molar-refractivity contribution >= 4 is 5.91 Å². The summed E-state index contributed by atoms with van der Waals surface area (Å²) in [5, 5.41) is 3.21. The molecule has 0 radical (unpaired) electrons. The van der Waals surface area contributed by atoms with E-state index in [1.807, 2.05) is 0 Å². The summed E-state index contributed by atoms with van der Waals surface area (Å²) in [5.41, 5.74) is 3.17. The lowest BCUT2D eigenvalue weighted by molar-refractivity contribution is -0.119. The molecular weight excluding hydrogens is 308 g/mol. The predicted octanol–water partition coefficient (Wildman–Crippen LogP) is 3.79. The Morgan fingerprint density at radius 3 is 2.64 bits per heavy atom. The van der Waals surface area contributed by atoms with Crippen molar-refractivity contribution in [3.8, 4) is 0 Å². The van der Waals surface area contributed by atoms with Gasteiger partial charge < -0.3 is 10.2 Å². The summed E-state index contributed by atoms with van der Waals surface area (Å²) in [4.78, 5) is 14.5. The van der Waals surface area contributed by atoms with Crippen LogP contribution in [-0.2, 0) is 10.2 Å². The average molecular weight is 338 g/mol. The van der Waals surface area contributed by atoms with Crippen LogP contribution in [0.2, 0.25) is 0 Å². The SMILES string of the molecule is CC(=O)N[C@@H]1CC2(CCN([C@H]3C[C@@H]4CCC3C4)CC2)c2ccccc21. The molecule has 1 saturated heterocycles. The number of nitrogens with one attached hydrogen (secondary N) is 1. The molecule has 3 aliphatic carbocycles. The Morgan fingerprint density at radius 1 is 1.16 bits per heavy atom. The fourth-order valence-electron chi connectivity index (χ4n) is 6.68. The van der Waals surface area contributed by atoms with E-state index in [0.29, 0.717) is 0 Å². The van der Waals surface area contributed by atoms with Gasteiger partial charge in [-0.25, -0.2) is 0 Å². The van der Waals surface area contributed by atoms with Gasteiger partial charge in [0.05, 0.1) is 6.04 Å². The molecule has 5 rings (SSSR count). The second kappa shape index (κ2) is 5.84. The van der Waals surface area contributed by atoms with Gasteiger partial charge in [-0.05, 0) is 74.6 Å². The largest absolute Gasteiger partial charge is 0.349 e. The van der Waals surface area contributed by atoms with E-state index in [-0.39, 0.29) is 17.4 Å². The summed E-state index contributed by atoms with van der Waals surface area (Å²) in [6, 6.07) is 9.94. The first-order chi connectivity index (χ1) is 12.1. The van der Waals surface area contributed by atoms with Crippen molar-refractivity contribution in [1.82, 2.24) is 10.2 Å². The lowest BCUT2D eigenvalue weighted by Gasteiger charge is -2.44. The van der Waals surface area contributed by atoms with E-state index in [9.17, 15) is 4.79 Å². The summed E-state index contributed by atoms with van der Waals surface area (Å²) in [6.07, 6.45) is 9.54. The number of benzene rings is 1. The molecule has 1 heterocycles. The van der Waals surface area contributed by atoms with Crippen molar-refractivity contribution in [3.05, 3.63) is 35.4 Å². The number of amides is 1. The van der Waals surface area contributed by atoms with E-state index in [4.69, 9.17) is 0 Å². The van der Waals surface area contributed by atoms with Gasteiger partial charge in [-0.2, -0.15) is 0 Å². The molecule has 1 aliphatic heterocycles. The second-order valence-corrected chi connectivity index (χ2v) is 9.10. The van der Waals surface area contributed by atoms with Crippen molar-refractivity contribution in [2.24, 2.45) is 11.8 Å². The number of hydrogen-bond acceptors (Lipinski definition) is 2. The third-order valence-corrected chi connectivity index (χ3v) is 7.80. The number of carbonyl (C=O) groups is 1. The van der Waals surface area contributed by atoms with Crippen LogP contribution >= 0.6 is 0 Å². The lowest BCUT2D eigenvalue weighted by atomic mass is 9.73. The van der Waals surface area contributed by atoms with Crippen LogP contribution in [-0.4, -0.2) is 29.9 Å². The molecule has 3 heteroatoms. The molecule has 134 valence electrons. The van der Waals surface area contributed by atoms with E-state index in [2.05, 4.69) is 34.5 Å². The molecule has 2 bridgehead atoms. The monoisotopic (exact) mass is 338 g/mol. The van der Waals surface area contributed by atoms with E-state index in [1.165, 1.54) is 62.7 Å². The minimum absolute atomic E-state index is 0.0938. The van der Waals surface area contributed by atoms with Crippen molar-refractivity contribution in [3.63, 3.8) is 0 Å². The predicted molar refractivity (Wildman–Crippen MR) is 99.3 cm³/mol. The van der Waals surface area contributed by atoms with Crippen LogP contribution in [0.5, 0.6) is 0 Å². The number of hydrogen-bond donors (Lipinski definition) is 1. The Morgan fingerprint density at radius 2 is 1.96 bits per heavy atom. The maximum absolute atomic E-state index is 11.7. The molecule has 3 fully saturated rings. The number of fused-ring (bicyclic) bond motifs is 4. The van der Waals surface area contributed by atoms with Gasteiger partial charge in [-0.3, -0.25) is 4.79 Å². The Hall–Kier alpha value is -1.35. The van der Waals surface area contributed by atoms with Crippen LogP contribution in [0.25, 0.3) is 0 Å². The number of nitrogens with zero attached hydrogens (tertiary/aromatic N) is 1. The second-order valence-electron chi connectivity index (χ2n) is 9.10. The Kier molecular flexibility index (Phi) is 3.70. The normalized spacial score (nSPS) is 35.9. The van der Waals surface area contributed by atoms with Crippen LogP contribution in [0.4, 0.5) is 0 Å². The quantitative estimate of drug-likeness (QED) is 0.890. The third-order valence-electron chi connectivity index (χ3n) is 7.80. The first-order valence-electron chi connectivity index (χ1n) is 10.3. The molecule has 25 heavy (non-hydrogen) atoms. The molecule has 1 unspecified atom stereocenters. The lowest BCUT2D eigenvalue weighted by Crippen LogP contribution is -2.48. The van der Waals surface area contributed by atoms with Crippen LogP contribution in [0.3, 0.4) is 0 Å². The summed E-state index contributed by atoms with van der Waals surface area (Å²) in [7, 11) is 0.